The first-order chi connectivity index (χ1) is 10.6. The Bertz CT molecular complexity index is 784. The molecule has 0 saturated heterocycles. The fourth-order valence-electron chi connectivity index (χ4n) is 2.62. The van der Waals surface area contributed by atoms with E-state index in [-0.39, 0.29) is 0 Å². The summed E-state index contributed by atoms with van der Waals surface area (Å²) in [7, 11) is 0. The van der Waals surface area contributed by atoms with E-state index in [2.05, 4.69) is 54.5 Å². The minimum Gasteiger partial charge on any atom is -0.369 e. The molecule has 2 aromatic carbocycles. The van der Waals surface area contributed by atoms with Crippen LogP contribution in [0.1, 0.15) is 24.0 Å². The minimum absolute atomic E-state index is 0.429. The van der Waals surface area contributed by atoms with E-state index in [0.29, 0.717) is 10.9 Å². The Hall–Kier alpha value is -2.06. The molecule has 1 aromatic heterocycles. The molecule has 3 heteroatoms. The van der Waals surface area contributed by atoms with Crippen LogP contribution < -0.4 is 5.32 Å². The van der Waals surface area contributed by atoms with E-state index in [1.807, 2.05) is 24.3 Å². The second kappa shape index (κ2) is 6.37. The van der Waals surface area contributed by atoms with Gasteiger partial charge in [-0.2, -0.15) is 0 Å². The number of nitrogens with one attached hydrogen (secondary N) is 1. The summed E-state index contributed by atoms with van der Waals surface area (Å²) in [5.41, 5.74) is 3.47. The molecule has 112 valence electrons. The summed E-state index contributed by atoms with van der Waals surface area (Å²) in [5, 5.41) is 5.30. The van der Waals surface area contributed by atoms with Gasteiger partial charge in [-0.1, -0.05) is 54.9 Å². The first-order valence-electron chi connectivity index (χ1n) is 7.49. The van der Waals surface area contributed by atoms with Crippen LogP contribution in [0.3, 0.4) is 0 Å². The average molecular weight is 311 g/mol. The van der Waals surface area contributed by atoms with E-state index < -0.39 is 0 Å². The molecule has 22 heavy (non-hydrogen) atoms. The highest BCUT2D eigenvalue weighted by Gasteiger charge is 2.07. The van der Waals surface area contributed by atoms with Gasteiger partial charge >= 0.3 is 0 Å². The lowest BCUT2D eigenvalue weighted by molar-refractivity contribution is 0.802. The van der Waals surface area contributed by atoms with Crippen LogP contribution in [0.15, 0.2) is 54.6 Å². The first kappa shape index (κ1) is 14.9. The van der Waals surface area contributed by atoms with Gasteiger partial charge in [0.25, 0.3) is 0 Å². The molecule has 1 heterocycles. The predicted molar refractivity (Wildman–Crippen MR) is 94.8 cm³/mol. The van der Waals surface area contributed by atoms with Crippen molar-refractivity contribution in [1.82, 2.24) is 4.98 Å². The molecule has 0 bridgehead atoms. The fraction of sp³-hybridized carbons (Fsp3) is 0.211. The first-order valence-corrected chi connectivity index (χ1v) is 7.87. The number of benzene rings is 2. The minimum atomic E-state index is 0.429. The molecule has 0 radical (unpaired) electrons. The van der Waals surface area contributed by atoms with Crippen LogP contribution >= 0.6 is 11.6 Å². The van der Waals surface area contributed by atoms with Gasteiger partial charge in [-0.3, -0.25) is 0 Å². The third kappa shape index (κ3) is 3.23. The van der Waals surface area contributed by atoms with Crippen molar-refractivity contribution in [3.05, 3.63) is 70.7 Å². The lowest BCUT2D eigenvalue weighted by Gasteiger charge is -2.14. The van der Waals surface area contributed by atoms with Gasteiger partial charge in [0.1, 0.15) is 5.82 Å². The van der Waals surface area contributed by atoms with Gasteiger partial charge in [-0.05, 0) is 42.2 Å². The Labute approximate surface area is 136 Å². The SMILES string of the molecule is Cc1cc(NC[C@H](C)c2ccccc2)nc2cc(Cl)ccc12. The maximum atomic E-state index is 6.07. The quantitative estimate of drug-likeness (QED) is 0.696. The molecule has 3 aromatic rings. The van der Waals surface area contributed by atoms with Crippen LogP contribution in [0.2, 0.25) is 5.02 Å². The van der Waals surface area contributed by atoms with E-state index >= 15 is 0 Å². The van der Waals surface area contributed by atoms with Crippen molar-refractivity contribution in [1.29, 1.82) is 0 Å². The van der Waals surface area contributed by atoms with Gasteiger partial charge in [0.2, 0.25) is 0 Å². The summed E-state index contributed by atoms with van der Waals surface area (Å²) < 4.78 is 0. The van der Waals surface area contributed by atoms with E-state index in [4.69, 9.17) is 11.6 Å². The van der Waals surface area contributed by atoms with Crippen LogP contribution in [-0.4, -0.2) is 11.5 Å². The molecule has 0 aliphatic rings. The molecule has 0 aliphatic heterocycles. The monoisotopic (exact) mass is 310 g/mol. The molecule has 0 fully saturated rings. The standard InChI is InChI=1S/C19H19ClN2/c1-13-10-19(22-18-11-16(20)8-9-17(13)18)21-12-14(2)15-6-4-3-5-7-15/h3-11,14H,12H2,1-2H3,(H,21,22)/t14-/m0/s1. The Morgan fingerprint density at radius 2 is 1.86 bits per heavy atom. The molecule has 1 atom stereocenters. The number of aromatic nitrogens is 1. The number of halogens is 1. The molecule has 0 saturated carbocycles. The highest BCUT2D eigenvalue weighted by Crippen LogP contribution is 2.24. The third-order valence-corrected chi connectivity index (χ3v) is 4.17. The molecular weight excluding hydrogens is 292 g/mol. The van der Waals surface area contributed by atoms with Gasteiger partial charge in [0, 0.05) is 17.0 Å². The van der Waals surface area contributed by atoms with E-state index in [1.54, 1.807) is 0 Å². The average Bonchev–Trinajstić information content (AvgIpc) is 2.53. The van der Waals surface area contributed by atoms with Gasteiger partial charge in [0.15, 0.2) is 0 Å². The highest BCUT2D eigenvalue weighted by atomic mass is 35.5. The van der Waals surface area contributed by atoms with Crippen LogP contribution in [0.4, 0.5) is 5.82 Å². The Morgan fingerprint density at radius 3 is 2.64 bits per heavy atom. The molecule has 3 rings (SSSR count). The number of nitrogens with zero attached hydrogens (tertiary/aromatic N) is 1. The Kier molecular flexibility index (Phi) is 4.30. The van der Waals surface area contributed by atoms with Crippen molar-refractivity contribution in [3.8, 4) is 0 Å². The third-order valence-electron chi connectivity index (χ3n) is 3.94. The normalized spacial score (nSPS) is 12.3. The summed E-state index contributed by atoms with van der Waals surface area (Å²) in [6.07, 6.45) is 0. The summed E-state index contributed by atoms with van der Waals surface area (Å²) in [6, 6.07) is 18.4. The van der Waals surface area contributed by atoms with E-state index in [1.165, 1.54) is 11.1 Å². The molecule has 2 nitrogen and oxygen atoms in total. The van der Waals surface area contributed by atoms with Crippen LogP contribution in [-0.2, 0) is 0 Å². The number of hydrogen-bond donors (Lipinski definition) is 1. The second-order valence-corrected chi connectivity index (χ2v) is 6.11. The summed E-state index contributed by atoms with van der Waals surface area (Å²) in [4.78, 5) is 4.67. The topological polar surface area (TPSA) is 24.9 Å². The zero-order valence-electron chi connectivity index (χ0n) is 12.8. The van der Waals surface area contributed by atoms with Crippen LogP contribution in [0.5, 0.6) is 0 Å². The smallest absolute Gasteiger partial charge is 0.126 e. The number of anilines is 1. The van der Waals surface area contributed by atoms with Crippen molar-refractivity contribution in [2.75, 3.05) is 11.9 Å². The van der Waals surface area contributed by atoms with Gasteiger partial charge in [-0.15, -0.1) is 0 Å². The van der Waals surface area contributed by atoms with Gasteiger partial charge in [-0.25, -0.2) is 4.98 Å². The van der Waals surface area contributed by atoms with E-state index in [0.717, 1.165) is 23.3 Å². The largest absolute Gasteiger partial charge is 0.369 e. The maximum absolute atomic E-state index is 6.07. The predicted octanol–water partition coefficient (Wildman–Crippen LogP) is 5.41. The van der Waals surface area contributed by atoms with Crippen molar-refractivity contribution in [3.63, 3.8) is 0 Å². The Morgan fingerprint density at radius 1 is 1.09 bits per heavy atom. The van der Waals surface area contributed by atoms with E-state index in [9.17, 15) is 0 Å². The molecule has 0 unspecified atom stereocenters. The summed E-state index contributed by atoms with van der Waals surface area (Å²) in [6.45, 7) is 5.17. The number of aryl methyl sites for hydroxylation is 1. The number of fused-ring (bicyclic) bond motifs is 1. The second-order valence-electron chi connectivity index (χ2n) is 5.68. The summed E-state index contributed by atoms with van der Waals surface area (Å²) in [5.74, 6) is 1.33. The number of hydrogen-bond acceptors (Lipinski definition) is 2. The summed E-state index contributed by atoms with van der Waals surface area (Å²) >= 11 is 6.07. The fourth-order valence-corrected chi connectivity index (χ4v) is 2.79. The molecular formula is C19H19ClN2. The lowest BCUT2D eigenvalue weighted by Crippen LogP contribution is -2.11. The molecule has 0 amide bonds. The zero-order chi connectivity index (χ0) is 15.5. The van der Waals surface area contributed by atoms with Crippen LogP contribution in [0.25, 0.3) is 10.9 Å². The lowest BCUT2D eigenvalue weighted by atomic mass is 10.0. The van der Waals surface area contributed by atoms with Crippen molar-refractivity contribution < 1.29 is 0 Å². The molecule has 0 aliphatic carbocycles. The molecule has 0 spiro atoms. The number of rotatable bonds is 4. The van der Waals surface area contributed by atoms with Crippen LogP contribution in [0, 0.1) is 6.92 Å². The maximum Gasteiger partial charge on any atom is 0.126 e. The van der Waals surface area contributed by atoms with Crippen molar-refractivity contribution >= 4 is 28.3 Å². The van der Waals surface area contributed by atoms with Gasteiger partial charge < -0.3 is 5.32 Å². The highest BCUT2D eigenvalue weighted by molar-refractivity contribution is 6.31. The van der Waals surface area contributed by atoms with Crippen molar-refractivity contribution in [2.45, 2.75) is 19.8 Å². The number of pyridine rings is 1. The van der Waals surface area contributed by atoms with Gasteiger partial charge in [0.05, 0.1) is 5.52 Å². The molecule has 1 N–H and O–H groups in total. The zero-order valence-corrected chi connectivity index (χ0v) is 13.6. The Balaban J connectivity index is 1.79. The van der Waals surface area contributed by atoms with Crippen molar-refractivity contribution in [2.24, 2.45) is 0 Å².